The van der Waals surface area contributed by atoms with Crippen LogP contribution in [0.5, 0.6) is 5.75 Å². The molecular formula is C29H24Br2N2O6. The molecule has 0 atom stereocenters. The molecular weight excluding hydrogens is 632 g/mol. The van der Waals surface area contributed by atoms with E-state index in [1.165, 1.54) is 30.3 Å². The van der Waals surface area contributed by atoms with Crippen molar-refractivity contribution in [2.75, 3.05) is 18.1 Å². The molecule has 0 unspecified atom stereocenters. The molecule has 4 amide bonds. The van der Waals surface area contributed by atoms with Crippen LogP contribution >= 0.6 is 31.9 Å². The summed E-state index contributed by atoms with van der Waals surface area (Å²) in [5, 5.41) is 2.21. The Balaban J connectivity index is 1.67. The summed E-state index contributed by atoms with van der Waals surface area (Å²) in [6.45, 7) is 4.20. The lowest BCUT2D eigenvalue weighted by Crippen LogP contribution is -2.54. The molecule has 1 heterocycles. The Morgan fingerprint density at radius 2 is 1.67 bits per heavy atom. The lowest BCUT2D eigenvalue weighted by Gasteiger charge is -2.26. The molecule has 0 aliphatic carbocycles. The number of nitrogens with one attached hydrogen (secondary N) is 1. The van der Waals surface area contributed by atoms with Crippen molar-refractivity contribution in [1.82, 2.24) is 5.32 Å². The Bertz CT molecular complexity index is 1480. The highest BCUT2D eigenvalue weighted by molar-refractivity contribution is 9.10. The van der Waals surface area contributed by atoms with E-state index in [-0.39, 0.29) is 23.4 Å². The van der Waals surface area contributed by atoms with Gasteiger partial charge >= 0.3 is 12.0 Å². The van der Waals surface area contributed by atoms with Crippen LogP contribution < -0.4 is 15.0 Å². The third kappa shape index (κ3) is 6.29. The number of carbonyl (C=O) groups excluding carboxylic acids is 4. The number of hydrogen-bond acceptors (Lipinski definition) is 6. The number of benzene rings is 3. The van der Waals surface area contributed by atoms with Crippen LogP contribution in [0, 0.1) is 0 Å². The SMILES string of the molecule is CCOC(=O)c1ccc(N2C(=O)NC(=O)/C(=C\c3cc(Br)c(Cc4ccccc4Br)c(OCC)c3)C2=O)cc1. The number of esters is 1. The molecule has 0 bridgehead atoms. The van der Waals surface area contributed by atoms with Crippen LogP contribution in [0.2, 0.25) is 0 Å². The first-order chi connectivity index (χ1) is 18.7. The minimum atomic E-state index is -0.883. The number of nitrogens with zero attached hydrogens (tertiary/aromatic N) is 1. The summed E-state index contributed by atoms with van der Waals surface area (Å²) in [5.74, 6) is -1.52. The number of anilines is 1. The van der Waals surface area contributed by atoms with Gasteiger partial charge in [-0.15, -0.1) is 0 Å². The number of ether oxygens (including phenoxy) is 2. The van der Waals surface area contributed by atoms with Crippen LogP contribution in [0.15, 0.2) is 75.2 Å². The maximum atomic E-state index is 13.3. The van der Waals surface area contributed by atoms with Crippen LogP contribution in [0.3, 0.4) is 0 Å². The van der Waals surface area contributed by atoms with E-state index in [1.54, 1.807) is 19.1 Å². The average molecular weight is 656 g/mol. The zero-order valence-corrected chi connectivity index (χ0v) is 24.3. The van der Waals surface area contributed by atoms with Crippen LogP contribution in [0.25, 0.3) is 6.08 Å². The van der Waals surface area contributed by atoms with Gasteiger partial charge < -0.3 is 9.47 Å². The van der Waals surface area contributed by atoms with Crippen molar-refractivity contribution in [1.29, 1.82) is 0 Å². The maximum absolute atomic E-state index is 13.3. The van der Waals surface area contributed by atoms with Crippen molar-refractivity contribution in [3.63, 3.8) is 0 Å². The molecule has 8 nitrogen and oxygen atoms in total. The number of imide groups is 2. The molecule has 1 saturated heterocycles. The summed E-state index contributed by atoms with van der Waals surface area (Å²) < 4.78 is 12.6. The number of urea groups is 1. The predicted octanol–water partition coefficient (Wildman–Crippen LogP) is 6.04. The van der Waals surface area contributed by atoms with Crippen molar-refractivity contribution in [2.24, 2.45) is 0 Å². The number of rotatable bonds is 8. The largest absolute Gasteiger partial charge is 0.494 e. The van der Waals surface area contributed by atoms with Crippen molar-refractivity contribution >= 4 is 67.4 Å². The molecule has 0 aromatic heterocycles. The van der Waals surface area contributed by atoms with Crippen LogP contribution in [-0.4, -0.2) is 37.0 Å². The molecule has 3 aromatic carbocycles. The van der Waals surface area contributed by atoms with Gasteiger partial charge in [0.2, 0.25) is 0 Å². The summed E-state index contributed by atoms with van der Waals surface area (Å²) in [5.41, 5.74) is 2.75. The highest BCUT2D eigenvalue weighted by Gasteiger charge is 2.37. The Kier molecular flexibility index (Phi) is 8.98. The molecule has 200 valence electrons. The third-order valence-corrected chi connectivity index (χ3v) is 7.33. The fourth-order valence-electron chi connectivity index (χ4n) is 4.02. The Morgan fingerprint density at radius 1 is 0.949 bits per heavy atom. The zero-order chi connectivity index (χ0) is 28.1. The molecule has 0 radical (unpaired) electrons. The second kappa shape index (κ2) is 12.4. The molecule has 3 aromatic rings. The summed E-state index contributed by atoms with van der Waals surface area (Å²) in [4.78, 5) is 51.4. The van der Waals surface area contributed by atoms with Gasteiger partial charge in [-0.05, 0) is 73.5 Å². The molecule has 1 fully saturated rings. The summed E-state index contributed by atoms with van der Waals surface area (Å²) in [6.07, 6.45) is 2.00. The third-order valence-electron chi connectivity index (χ3n) is 5.85. The van der Waals surface area contributed by atoms with Gasteiger partial charge in [0.25, 0.3) is 11.8 Å². The molecule has 0 spiro atoms. The van der Waals surface area contributed by atoms with Gasteiger partial charge in [-0.1, -0.05) is 50.1 Å². The summed E-state index contributed by atoms with van der Waals surface area (Å²) in [7, 11) is 0. The van der Waals surface area contributed by atoms with E-state index >= 15 is 0 Å². The highest BCUT2D eigenvalue weighted by atomic mass is 79.9. The van der Waals surface area contributed by atoms with Gasteiger partial charge in [-0.2, -0.15) is 0 Å². The fraction of sp³-hybridized carbons (Fsp3) is 0.172. The van der Waals surface area contributed by atoms with Crippen molar-refractivity contribution in [3.8, 4) is 5.75 Å². The van der Waals surface area contributed by atoms with Crippen LogP contribution in [-0.2, 0) is 20.7 Å². The fourth-order valence-corrected chi connectivity index (χ4v) is 5.05. The van der Waals surface area contributed by atoms with Crippen molar-refractivity contribution < 1.29 is 28.7 Å². The second-order valence-corrected chi connectivity index (χ2v) is 10.1. The first-order valence-electron chi connectivity index (χ1n) is 12.1. The van der Waals surface area contributed by atoms with Crippen LogP contribution in [0.1, 0.15) is 40.9 Å². The summed E-state index contributed by atoms with van der Waals surface area (Å²) in [6, 6.07) is 16.3. The van der Waals surface area contributed by atoms with Gasteiger partial charge in [0.15, 0.2) is 0 Å². The monoisotopic (exact) mass is 654 g/mol. The Hall–Kier alpha value is -3.76. The number of halogens is 2. The lowest BCUT2D eigenvalue weighted by atomic mass is 10.0. The predicted molar refractivity (Wildman–Crippen MR) is 154 cm³/mol. The molecule has 0 saturated carbocycles. The van der Waals surface area contributed by atoms with Gasteiger partial charge in [-0.25, -0.2) is 14.5 Å². The zero-order valence-electron chi connectivity index (χ0n) is 21.1. The Labute approximate surface area is 242 Å². The van der Waals surface area contributed by atoms with E-state index in [9.17, 15) is 19.2 Å². The van der Waals surface area contributed by atoms with Gasteiger partial charge in [-0.3, -0.25) is 14.9 Å². The molecule has 10 heteroatoms. The van der Waals surface area contributed by atoms with Crippen molar-refractivity contribution in [2.45, 2.75) is 20.3 Å². The van der Waals surface area contributed by atoms with E-state index in [1.807, 2.05) is 31.2 Å². The van der Waals surface area contributed by atoms with E-state index < -0.39 is 23.8 Å². The Morgan fingerprint density at radius 3 is 2.33 bits per heavy atom. The van der Waals surface area contributed by atoms with Crippen LogP contribution in [0.4, 0.5) is 10.5 Å². The highest BCUT2D eigenvalue weighted by Crippen LogP contribution is 2.34. The van der Waals surface area contributed by atoms with E-state index in [0.717, 1.165) is 25.0 Å². The first-order valence-corrected chi connectivity index (χ1v) is 13.7. The van der Waals surface area contributed by atoms with E-state index in [0.29, 0.717) is 24.3 Å². The molecule has 4 rings (SSSR count). The quantitative estimate of drug-likeness (QED) is 0.180. The van der Waals surface area contributed by atoms with Crippen molar-refractivity contribution in [3.05, 3.63) is 97.4 Å². The smallest absolute Gasteiger partial charge is 0.338 e. The van der Waals surface area contributed by atoms with Gasteiger partial charge in [0.05, 0.1) is 24.5 Å². The molecule has 1 aliphatic rings. The van der Waals surface area contributed by atoms with Gasteiger partial charge in [0.1, 0.15) is 11.3 Å². The second-order valence-electron chi connectivity index (χ2n) is 8.41. The lowest BCUT2D eigenvalue weighted by molar-refractivity contribution is -0.122. The topological polar surface area (TPSA) is 102 Å². The number of barbiturate groups is 1. The molecule has 1 aliphatic heterocycles. The molecule has 1 N–H and O–H groups in total. The minimum Gasteiger partial charge on any atom is -0.494 e. The number of amides is 4. The minimum absolute atomic E-state index is 0.198. The van der Waals surface area contributed by atoms with E-state index in [2.05, 4.69) is 37.2 Å². The number of hydrogen-bond donors (Lipinski definition) is 1. The molecule has 39 heavy (non-hydrogen) atoms. The standard InChI is InChI=1S/C29H24Br2N2O6/c1-3-38-25-15-17(14-24(31)21(25)16-19-7-5-6-8-23(19)30)13-22-26(34)32-29(37)33(27(22)35)20-11-9-18(10-12-20)28(36)39-4-2/h5-15H,3-4,16H2,1-2H3,(H,32,34,37)/b22-13+. The van der Waals surface area contributed by atoms with E-state index in [4.69, 9.17) is 9.47 Å². The average Bonchev–Trinajstić information content (AvgIpc) is 2.90. The summed E-state index contributed by atoms with van der Waals surface area (Å²) >= 11 is 7.20. The van der Waals surface area contributed by atoms with Gasteiger partial charge in [0, 0.05) is 20.9 Å². The first kappa shape index (κ1) is 28.3. The normalized spacial score (nSPS) is 14.4. The number of carbonyl (C=O) groups is 4. The maximum Gasteiger partial charge on any atom is 0.338 e.